The molecule has 0 aliphatic carbocycles. The first kappa shape index (κ1) is 11.0. The van der Waals surface area contributed by atoms with E-state index in [0.717, 1.165) is 0 Å². The molecule has 0 saturated carbocycles. The Morgan fingerprint density at radius 3 is 3.07 bits per heavy atom. The molecule has 1 rings (SSSR count). The molecule has 0 fully saturated rings. The van der Waals surface area contributed by atoms with Crippen LogP contribution in [-0.2, 0) is 0 Å². The van der Waals surface area contributed by atoms with Gasteiger partial charge in [0.05, 0.1) is 12.7 Å². The van der Waals surface area contributed by atoms with Crippen molar-refractivity contribution in [3.63, 3.8) is 0 Å². The van der Waals surface area contributed by atoms with Gasteiger partial charge >= 0.3 is 0 Å². The van der Waals surface area contributed by atoms with Crippen molar-refractivity contribution in [2.75, 3.05) is 13.0 Å². The van der Waals surface area contributed by atoms with Crippen LogP contribution in [0.4, 0.5) is 0 Å². The van der Waals surface area contributed by atoms with Gasteiger partial charge in [-0.1, -0.05) is 0 Å². The second-order valence-corrected chi connectivity index (χ2v) is 3.17. The van der Waals surface area contributed by atoms with Gasteiger partial charge < -0.3 is 4.74 Å². The second kappa shape index (κ2) is 5.60. The highest BCUT2D eigenvalue weighted by Crippen LogP contribution is 2.18. The van der Waals surface area contributed by atoms with Gasteiger partial charge in [-0.05, 0) is 12.5 Å². The molecule has 0 amide bonds. The van der Waals surface area contributed by atoms with E-state index < -0.39 is 0 Å². The summed E-state index contributed by atoms with van der Waals surface area (Å²) in [6.45, 7) is 0. The number of pyridine rings is 1. The highest BCUT2D eigenvalue weighted by Gasteiger charge is 2.10. The quantitative estimate of drug-likeness (QED) is 0.557. The number of nitrogens with zero attached hydrogens (tertiary/aromatic N) is 1. The number of ketones is 1. The minimum atomic E-state index is 0.0237. The van der Waals surface area contributed by atoms with Crippen LogP contribution >= 0.6 is 11.6 Å². The van der Waals surface area contributed by atoms with Gasteiger partial charge in [0, 0.05) is 24.7 Å². The number of halogens is 1. The molecule has 4 heteroatoms. The summed E-state index contributed by atoms with van der Waals surface area (Å²) in [5.41, 5.74) is 0.528. The van der Waals surface area contributed by atoms with Crippen LogP contribution in [0.5, 0.6) is 5.75 Å². The fourth-order valence-electron chi connectivity index (χ4n) is 1.13. The average molecular weight is 214 g/mol. The van der Waals surface area contributed by atoms with Crippen LogP contribution < -0.4 is 4.74 Å². The molecule has 0 radical (unpaired) electrons. The number of methoxy groups -OCH3 is 1. The van der Waals surface area contributed by atoms with Crippen molar-refractivity contribution in [2.45, 2.75) is 12.8 Å². The van der Waals surface area contributed by atoms with E-state index in [-0.39, 0.29) is 5.78 Å². The zero-order chi connectivity index (χ0) is 10.4. The van der Waals surface area contributed by atoms with E-state index in [1.165, 1.54) is 13.3 Å². The summed E-state index contributed by atoms with van der Waals surface area (Å²) in [4.78, 5) is 15.5. The fourth-order valence-corrected chi connectivity index (χ4v) is 1.26. The van der Waals surface area contributed by atoms with E-state index in [0.29, 0.717) is 30.0 Å². The van der Waals surface area contributed by atoms with E-state index in [9.17, 15) is 4.79 Å². The molecule has 0 aliphatic heterocycles. The van der Waals surface area contributed by atoms with Crippen molar-refractivity contribution in [2.24, 2.45) is 0 Å². The monoisotopic (exact) mass is 213 g/mol. The number of Topliss-reactive ketones (excluding diaryl/α,β-unsaturated/α-hetero) is 1. The fraction of sp³-hybridized carbons (Fsp3) is 0.400. The van der Waals surface area contributed by atoms with Gasteiger partial charge in [-0.25, -0.2) is 0 Å². The van der Waals surface area contributed by atoms with Crippen molar-refractivity contribution in [3.8, 4) is 5.75 Å². The molecule has 3 nitrogen and oxygen atoms in total. The van der Waals surface area contributed by atoms with Gasteiger partial charge in [-0.3, -0.25) is 9.78 Å². The van der Waals surface area contributed by atoms with Crippen LogP contribution in [0.2, 0.25) is 0 Å². The van der Waals surface area contributed by atoms with Crippen molar-refractivity contribution < 1.29 is 9.53 Å². The smallest absolute Gasteiger partial charge is 0.168 e. The van der Waals surface area contributed by atoms with Gasteiger partial charge in [0.25, 0.3) is 0 Å². The summed E-state index contributed by atoms with van der Waals surface area (Å²) in [5.74, 6) is 1.09. The third kappa shape index (κ3) is 2.70. The summed E-state index contributed by atoms with van der Waals surface area (Å²) >= 11 is 5.51. The highest BCUT2D eigenvalue weighted by molar-refractivity contribution is 6.18. The zero-order valence-electron chi connectivity index (χ0n) is 8.00. The second-order valence-electron chi connectivity index (χ2n) is 2.79. The third-order valence-electron chi connectivity index (χ3n) is 1.84. The molecular weight excluding hydrogens is 202 g/mol. The molecule has 0 N–H and O–H groups in total. The van der Waals surface area contributed by atoms with Crippen LogP contribution in [0.1, 0.15) is 23.2 Å². The first-order valence-corrected chi connectivity index (χ1v) is 4.90. The Balaban J connectivity index is 2.78. The molecule has 1 heterocycles. The van der Waals surface area contributed by atoms with Crippen molar-refractivity contribution >= 4 is 17.4 Å². The molecule has 0 bridgehead atoms. The van der Waals surface area contributed by atoms with Gasteiger partial charge in [-0.2, -0.15) is 0 Å². The standard InChI is InChI=1S/C10H12ClNO2/c1-14-10-4-6-12-7-8(10)9(13)3-2-5-11/h4,6-7H,2-3,5H2,1H3. The summed E-state index contributed by atoms with van der Waals surface area (Å²) in [6, 6.07) is 1.67. The number of carbonyl (C=O) groups excluding carboxylic acids is 1. The molecule has 0 aliphatic rings. The lowest BCUT2D eigenvalue weighted by Crippen LogP contribution is -2.02. The largest absolute Gasteiger partial charge is 0.496 e. The topological polar surface area (TPSA) is 39.2 Å². The summed E-state index contributed by atoms with van der Waals surface area (Å²) in [5, 5.41) is 0. The van der Waals surface area contributed by atoms with Crippen molar-refractivity contribution in [1.82, 2.24) is 4.98 Å². The molecule has 0 atom stereocenters. The minimum absolute atomic E-state index is 0.0237. The van der Waals surface area contributed by atoms with Crippen LogP contribution in [0.25, 0.3) is 0 Å². The minimum Gasteiger partial charge on any atom is -0.496 e. The Bertz CT molecular complexity index is 315. The number of ether oxygens (including phenoxy) is 1. The maximum Gasteiger partial charge on any atom is 0.168 e. The lowest BCUT2D eigenvalue weighted by molar-refractivity contribution is 0.0978. The Kier molecular flexibility index (Phi) is 4.40. The number of hydrogen-bond acceptors (Lipinski definition) is 3. The van der Waals surface area contributed by atoms with Crippen LogP contribution in [0.15, 0.2) is 18.5 Å². The Labute approximate surface area is 88.1 Å². The third-order valence-corrected chi connectivity index (χ3v) is 2.11. The predicted octanol–water partition coefficient (Wildman–Crippen LogP) is 2.29. The van der Waals surface area contributed by atoms with Crippen LogP contribution in [0, 0.1) is 0 Å². The Morgan fingerprint density at radius 2 is 2.43 bits per heavy atom. The molecule has 0 unspecified atom stereocenters. The molecular formula is C10H12ClNO2. The molecule has 0 aromatic carbocycles. The molecule has 1 aromatic heterocycles. The molecule has 1 aromatic rings. The summed E-state index contributed by atoms with van der Waals surface area (Å²) < 4.78 is 5.05. The molecule has 0 saturated heterocycles. The first-order chi connectivity index (χ1) is 6.79. The molecule has 0 spiro atoms. The Hall–Kier alpha value is -1.09. The summed E-state index contributed by atoms with van der Waals surface area (Å²) in [6.07, 6.45) is 4.23. The lowest BCUT2D eigenvalue weighted by Gasteiger charge is -2.05. The lowest BCUT2D eigenvalue weighted by atomic mass is 10.1. The number of aromatic nitrogens is 1. The van der Waals surface area contributed by atoms with Crippen molar-refractivity contribution in [1.29, 1.82) is 0 Å². The van der Waals surface area contributed by atoms with Crippen LogP contribution in [-0.4, -0.2) is 23.8 Å². The molecule has 14 heavy (non-hydrogen) atoms. The average Bonchev–Trinajstić information content (AvgIpc) is 2.25. The van der Waals surface area contributed by atoms with Crippen LogP contribution in [0.3, 0.4) is 0 Å². The maximum absolute atomic E-state index is 11.6. The summed E-state index contributed by atoms with van der Waals surface area (Å²) in [7, 11) is 1.54. The zero-order valence-corrected chi connectivity index (χ0v) is 8.75. The van der Waals surface area contributed by atoms with Gasteiger partial charge in [0.2, 0.25) is 0 Å². The van der Waals surface area contributed by atoms with Gasteiger partial charge in [0.15, 0.2) is 5.78 Å². The first-order valence-electron chi connectivity index (χ1n) is 4.36. The highest BCUT2D eigenvalue weighted by atomic mass is 35.5. The number of rotatable bonds is 5. The van der Waals surface area contributed by atoms with Crippen molar-refractivity contribution in [3.05, 3.63) is 24.0 Å². The number of carbonyl (C=O) groups is 1. The number of alkyl halides is 1. The number of hydrogen-bond donors (Lipinski definition) is 0. The van der Waals surface area contributed by atoms with E-state index in [4.69, 9.17) is 16.3 Å². The van der Waals surface area contributed by atoms with E-state index >= 15 is 0 Å². The predicted molar refractivity (Wildman–Crippen MR) is 55.1 cm³/mol. The van der Waals surface area contributed by atoms with E-state index in [1.807, 2.05) is 0 Å². The Morgan fingerprint density at radius 1 is 1.64 bits per heavy atom. The maximum atomic E-state index is 11.6. The normalized spacial score (nSPS) is 9.86. The van der Waals surface area contributed by atoms with E-state index in [2.05, 4.69) is 4.98 Å². The van der Waals surface area contributed by atoms with Gasteiger partial charge in [0.1, 0.15) is 5.75 Å². The molecule has 76 valence electrons. The SMILES string of the molecule is COc1ccncc1C(=O)CCCCl. The van der Waals surface area contributed by atoms with Gasteiger partial charge in [-0.15, -0.1) is 11.6 Å². The van der Waals surface area contributed by atoms with E-state index in [1.54, 1.807) is 12.3 Å².